The van der Waals surface area contributed by atoms with Crippen LogP contribution in [0.1, 0.15) is 21.7 Å². The molecule has 2 aromatic heterocycles. The molecule has 4 rings (SSSR count). The minimum Gasteiger partial charge on any atom is -0.390 e. The average molecular weight is 344 g/mol. The van der Waals surface area contributed by atoms with Gasteiger partial charge in [0.2, 0.25) is 5.95 Å². The Morgan fingerprint density at radius 2 is 1.92 bits per heavy atom. The van der Waals surface area contributed by atoms with Crippen molar-refractivity contribution >= 4 is 11.9 Å². The van der Waals surface area contributed by atoms with Crippen LogP contribution in [0.2, 0.25) is 0 Å². The van der Waals surface area contributed by atoms with Crippen LogP contribution in [0.25, 0.3) is 0 Å². The van der Waals surface area contributed by atoms with Gasteiger partial charge in [0.1, 0.15) is 0 Å². The summed E-state index contributed by atoms with van der Waals surface area (Å²) >= 11 is 0. The molecule has 25 heavy (non-hydrogen) atoms. The molecule has 9 nitrogen and oxygen atoms in total. The topological polar surface area (TPSA) is 96.6 Å². The highest BCUT2D eigenvalue weighted by molar-refractivity contribution is 5.93. The lowest BCUT2D eigenvalue weighted by atomic mass is 10.2. The standard InChI is InChI=1S/C16H20N6O3/c23-11-13-7-14-10-21(1-2-22(14)19-13)15(24)12-8-17-16(18-9-12)20-3-5-25-6-4-20/h7-9,23H,1-6,10-11H2. The third-order valence-electron chi connectivity index (χ3n) is 4.48. The Kier molecular flexibility index (Phi) is 4.33. The first-order valence-electron chi connectivity index (χ1n) is 8.35. The maximum Gasteiger partial charge on any atom is 0.257 e. The lowest BCUT2D eigenvalue weighted by Crippen LogP contribution is -2.39. The predicted octanol–water partition coefficient (Wildman–Crippen LogP) is -0.342. The smallest absolute Gasteiger partial charge is 0.257 e. The summed E-state index contributed by atoms with van der Waals surface area (Å²) in [5.41, 5.74) is 2.03. The van der Waals surface area contributed by atoms with Gasteiger partial charge < -0.3 is 19.6 Å². The van der Waals surface area contributed by atoms with Gasteiger partial charge in [-0.2, -0.15) is 5.10 Å². The molecular formula is C16H20N6O3. The van der Waals surface area contributed by atoms with Crippen LogP contribution in [0.3, 0.4) is 0 Å². The molecule has 0 aliphatic carbocycles. The summed E-state index contributed by atoms with van der Waals surface area (Å²) in [6, 6.07) is 1.83. The van der Waals surface area contributed by atoms with Gasteiger partial charge in [-0.05, 0) is 6.07 Å². The zero-order valence-electron chi connectivity index (χ0n) is 13.8. The van der Waals surface area contributed by atoms with Gasteiger partial charge >= 0.3 is 0 Å². The number of aliphatic hydroxyl groups is 1. The number of hydrogen-bond donors (Lipinski definition) is 1. The molecule has 2 aliphatic rings. The van der Waals surface area contributed by atoms with Gasteiger partial charge in [-0.25, -0.2) is 9.97 Å². The molecule has 0 unspecified atom stereocenters. The highest BCUT2D eigenvalue weighted by Crippen LogP contribution is 2.17. The SMILES string of the molecule is O=C(c1cnc(N2CCOCC2)nc1)N1CCn2nc(CO)cc2C1. The number of morpholine rings is 1. The van der Waals surface area contributed by atoms with Gasteiger partial charge in [-0.1, -0.05) is 0 Å². The number of carbonyl (C=O) groups excluding carboxylic acids is 1. The molecule has 1 fully saturated rings. The number of carbonyl (C=O) groups is 1. The first kappa shape index (κ1) is 16.0. The number of aliphatic hydroxyl groups excluding tert-OH is 1. The van der Waals surface area contributed by atoms with Crippen molar-refractivity contribution in [2.24, 2.45) is 0 Å². The predicted molar refractivity (Wildman–Crippen MR) is 88.0 cm³/mol. The molecule has 0 atom stereocenters. The molecule has 1 amide bonds. The average Bonchev–Trinajstić information content (AvgIpc) is 3.10. The molecule has 1 saturated heterocycles. The van der Waals surface area contributed by atoms with E-state index in [0.29, 0.717) is 50.1 Å². The van der Waals surface area contributed by atoms with E-state index in [1.165, 1.54) is 0 Å². The largest absolute Gasteiger partial charge is 0.390 e. The second-order valence-electron chi connectivity index (χ2n) is 6.11. The van der Waals surface area contributed by atoms with Crippen molar-refractivity contribution in [3.05, 3.63) is 35.4 Å². The molecule has 2 aromatic rings. The van der Waals surface area contributed by atoms with Crippen LogP contribution in [0.4, 0.5) is 5.95 Å². The molecule has 1 N–H and O–H groups in total. The summed E-state index contributed by atoms with van der Waals surface area (Å²) < 4.78 is 7.16. The maximum atomic E-state index is 12.7. The van der Waals surface area contributed by atoms with Gasteiger partial charge in [-0.15, -0.1) is 0 Å². The van der Waals surface area contributed by atoms with E-state index in [4.69, 9.17) is 4.74 Å². The Hall–Kier alpha value is -2.52. The van der Waals surface area contributed by atoms with Gasteiger partial charge in [0.25, 0.3) is 5.91 Å². The second-order valence-corrected chi connectivity index (χ2v) is 6.11. The molecule has 9 heteroatoms. The van der Waals surface area contributed by atoms with Crippen LogP contribution in [0.5, 0.6) is 0 Å². The number of rotatable bonds is 3. The molecule has 4 heterocycles. The van der Waals surface area contributed by atoms with E-state index in [0.717, 1.165) is 18.8 Å². The first-order valence-corrected chi connectivity index (χ1v) is 8.35. The lowest BCUT2D eigenvalue weighted by Gasteiger charge is -2.28. The Labute approximate surface area is 144 Å². The third-order valence-corrected chi connectivity index (χ3v) is 4.48. The van der Waals surface area contributed by atoms with Gasteiger partial charge in [0.05, 0.1) is 49.9 Å². The second kappa shape index (κ2) is 6.77. The van der Waals surface area contributed by atoms with E-state index >= 15 is 0 Å². The summed E-state index contributed by atoms with van der Waals surface area (Å²) in [6.07, 6.45) is 3.18. The van der Waals surface area contributed by atoms with Gasteiger partial charge in [0.15, 0.2) is 0 Å². The number of fused-ring (bicyclic) bond motifs is 1. The van der Waals surface area contributed by atoms with Crippen molar-refractivity contribution < 1.29 is 14.6 Å². The van der Waals surface area contributed by atoms with Crippen molar-refractivity contribution in [1.82, 2.24) is 24.6 Å². The van der Waals surface area contributed by atoms with Gasteiger partial charge in [-0.3, -0.25) is 9.48 Å². The van der Waals surface area contributed by atoms with E-state index in [2.05, 4.69) is 15.1 Å². The quantitative estimate of drug-likeness (QED) is 0.813. The van der Waals surface area contributed by atoms with Crippen molar-refractivity contribution in [2.75, 3.05) is 37.7 Å². The molecule has 0 aromatic carbocycles. The maximum absolute atomic E-state index is 12.7. The summed E-state index contributed by atoms with van der Waals surface area (Å²) in [5.74, 6) is 0.538. The fourth-order valence-electron chi connectivity index (χ4n) is 3.12. The van der Waals surface area contributed by atoms with Crippen LogP contribution in [0.15, 0.2) is 18.5 Å². The van der Waals surface area contributed by atoms with Crippen molar-refractivity contribution in [3.8, 4) is 0 Å². The van der Waals surface area contributed by atoms with Crippen LogP contribution in [-0.4, -0.2) is 68.5 Å². The normalized spacial score (nSPS) is 17.5. The van der Waals surface area contributed by atoms with Crippen molar-refractivity contribution in [3.63, 3.8) is 0 Å². The molecular weight excluding hydrogens is 324 g/mol. The Bertz CT molecular complexity index is 754. The highest BCUT2D eigenvalue weighted by Gasteiger charge is 2.24. The van der Waals surface area contributed by atoms with E-state index < -0.39 is 0 Å². The number of aromatic nitrogens is 4. The molecule has 0 bridgehead atoms. The number of amides is 1. The minimum atomic E-state index is -0.0925. The van der Waals surface area contributed by atoms with E-state index in [9.17, 15) is 9.90 Å². The van der Waals surface area contributed by atoms with Gasteiger partial charge in [0, 0.05) is 32.0 Å². The van der Waals surface area contributed by atoms with Crippen LogP contribution >= 0.6 is 0 Å². The van der Waals surface area contributed by atoms with Crippen LogP contribution < -0.4 is 4.90 Å². The van der Waals surface area contributed by atoms with Crippen LogP contribution in [0, 0.1) is 0 Å². The molecule has 2 aliphatic heterocycles. The highest BCUT2D eigenvalue weighted by atomic mass is 16.5. The lowest BCUT2D eigenvalue weighted by molar-refractivity contribution is 0.0705. The fraction of sp³-hybridized carbons (Fsp3) is 0.500. The molecule has 0 spiro atoms. The van der Waals surface area contributed by atoms with Crippen molar-refractivity contribution in [2.45, 2.75) is 19.7 Å². The van der Waals surface area contributed by atoms with Crippen LogP contribution in [-0.2, 0) is 24.4 Å². The minimum absolute atomic E-state index is 0.0912. The van der Waals surface area contributed by atoms with Crippen molar-refractivity contribution in [1.29, 1.82) is 0 Å². The zero-order valence-corrected chi connectivity index (χ0v) is 13.8. The number of ether oxygens (including phenoxy) is 1. The third kappa shape index (κ3) is 3.20. The number of anilines is 1. The summed E-state index contributed by atoms with van der Waals surface area (Å²) in [4.78, 5) is 25.2. The fourth-order valence-corrected chi connectivity index (χ4v) is 3.12. The molecule has 132 valence electrons. The molecule has 0 radical (unpaired) electrons. The molecule has 0 saturated carbocycles. The first-order chi connectivity index (χ1) is 12.2. The Morgan fingerprint density at radius 1 is 1.16 bits per heavy atom. The van der Waals surface area contributed by atoms with E-state index in [-0.39, 0.29) is 12.5 Å². The number of nitrogens with zero attached hydrogens (tertiary/aromatic N) is 6. The van der Waals surface area contributed by atoms with E-state index in [1.54, 1.807) is 17.3 Å². The summed E-state index contributed by atoms with van der Waals surface area (Å²) in [5, 5.41) is 13.5. The summed E-state index contributed by atoms with van der Waals surface area (Å²) in [6.45, 7) is 4.43. The Morgan fingerprint density at radius 3 is 2.64 bits per heavy atom. The zero-order chi connectivity index (χ0) is 17.2. The summed E-state index contributed by atoms with van der Waals surface area (Å²) in [7, 11) is 0. The monoisotopic (exact) mass is 344 g/mol. The number of hydrogen-bond acceptors (Lipinski definition) is 7. The Balaban J connectivity index is 1.45. The van der Waals surface area contributed by atoms with E-state index in [1.807, 2.05) is 15.6 Å².